The first-order chi connectivity index (χ1) is 10.8. The maximum Gasteiger partial charge on any atom is 0.418 e. The molecule has 2 atom stereocenters. The van der Waals surface area contributed by atoms with Crippen LogP contribution in [0.1, 0.15) is 28.9 Å². The standard InChI is InChI=1S/C15H15F3N2O3/c16-15(17,18)11-2-1-5-19-12(11)13(21)20-6-9(8-3-4-8)10(7-20)14(22)23/h1-2,5,8-10H,3-4,6-7H2,(H,22,23)/t9-,10+/m1/s1. The monoisotopic (exact) mass is 328 g/mol. The maximum absolute atomic E-state index is 13.0. The lowest BCUT2D eigenvalue weighted by atomic mass is 9.92. The molecule has 0 radical (unpaired) electrons. The van der Waals surface area contributed by atoms with Crippen LogP contribution in [0.5, 0.6) is 0 Å². The van der Waals surface area contributed by atoms with E-state index in [9.17, 15) is 27.9 Å². The predicted molar refractivity (Wildman–Crippen MR) is 72.5 cm³/mol. The van der Waals surface area contributed by atoms with E-state index in [-0.39, 0.29) is 24.9 Å². The number of aromatic nitrogens is 1. The van der Waals surface area contributed by atoms with E-state index in [0.717, 1.165) is 31.2 Å². The van der Waals surface area contributed by atoms with Gasteiger partial charge in [0.15, 0.2) is 0 Å². The SMILES string of the molecule is O=C(O)[C@H]1CN(C(=O)c2ncccc2C(F)(F)F)C[C@@H]1C1CC1. The van der Waals surface area contributed by atoms with Gasteiger partial charge < -0.3 is 10.0 Å². The third kappa shape index (κ3) is 3.02. The minimum Gasteiger partial charge on any atom is -0.481 e. The summed E-state index contributed by atoms with van der Waals surface area (Å²) in [6, 6.07) is 1.93. The lowest BCUT2D eigenvalue weighted by molar-refractivity contribution is -0.142. The Morgan fingerprint density at radius 3 is 2.52 bits per heavy atom. The van der Waals surface area contributed by atoms with Crippen LogP contribution in [-0.4, -0.2) is 40.0 Å². The number of amides is 1. The molecule has 0 bridgehead atoms. The molecule has 1 amide bonds. The number of halogens is 3. The maximum atomic E-state index is 13.0. The van der Waals surface area contributed by atoms with Crippen molar-refractivity contribution in [2.45, 2.75) is 19.0 Å². The molecule has 0 spiro atoms. The van der Waals surface area contributed by atoms with Crippen LogP contribution in [0.15, 0.2) is 18.3 Å². The molecule has 0 unspecified atom stereocenters. The Hall–Kier alpha value is -2.12. The van der Waals surface area contributed by atoms with Gasteiger partial charge in [-0.3, -0.25) is 14.6 Å². The molecule has 0 aromatic carbocycles. The summed E-state index contributed by atoms with van der Waals surface area (Å²) in [6.45, 7) is 0.109. The lowest BCUT2D eigenvalue weighted by Gasteiger charge is -2.18. The first kappa shape index (κ1) is 15.8. The fraction of sp³-hybridized carbons (Fsp3) is 0.533. The summed E-state index contributed by atoms with van der Waals surface area (Å²) in [7, 11) is 0. The molecule has 2 fully saturated rings. The third-order valence-corrected chi connectivity index (χ3v) is 4.51. The molecule has 1 aliphatic heterocycles. The predicted octanol–water partition coefficient (Wildman–Crippen LogP) is 2.28. The average molecular weight is 328 g/mol. The van der Waals surface area contributed by atoms with Gasteiger partial charge in [0, 0.05) is 19.3 Å². The number of hydrogen-bond acceptors (Lipinski definition) is 3. The minimum atomic E-state index is -4.68. The number of alkyl halides is 3. The van der Waals surface area contributed by atoms with Gasteiger partial charge in [-0.15, -0.1) is 0 Å². The number of aliphatic carboxylic acids is 1. The lowest BCUT2D eigenvalue weighted by Crippen LogP contribution is -2.32. The number of carbonyl (C=O) groups is 2. The van der Waals surface area contributed by atoms with E-state index < -0.39 is 35.2 Å². The van der Waals surface area contributed by atoms with Crippen molar-refractivity contribution < 1.29 is 27.9 Å². The summed E-state index contributed by atoms with van der Waals surface area (Å²) in [6.07, 6.45) is -1.73. The van der Waals surface area contributed by atoms with Gasteiger partial charge in [0.25, 0.3) is 5.91 Å². The zero-order chi connectivity index (χ0) is 16.8. The number of rotatable bonds is 3. The molecule has 124 valence electrons. The van der Waals surface area contributed by atoms with Gasteiger partial charge in [-0.25, -0.2) is 0 Å². The molecule has 1 aromatic heterocycles. The van der Waals surface area contributed by atoms with Crippen LogP contribution in [0.2, 0.25) is 0 Å². The van der Waals surface area contributed by atoms with Crippen LogP contribution in [0, 0.1) is 17.8 Å². The van der Waals surface area contributed by atoms with Crippen molar-refractivity contribution >= 4 is 11.9 Å². The summed E-state index contributed by atoms with van der Waals surface area (Å²) in [5.74, 6) is -2.51. The summed E-state index contributed by atoms with van der Waals surface area (Å²) >= 11 is 0. The average Bonchev–Trinajstić information content (AvgIpc) is 3.24. The fourth-order valence-corrected chi connectivity index (χ4v) is 3.21. The summed E-state index contributed by atoms with van der Waals surface area (Å²) in [5.41, 5.74) is -1.76. The molecule has 1 saturated heterocycles. The molecule has 1 aromatic rings. The van der Waals surface area contributed by atoms with Crippen molar-refractivity contribution in [2.75, 3.05) is 13.1 Å². The zero-order valence-electron chi connectivity index (χ0n) is 12.1. The fourth-order valence-electron chi connectivity index (χ4n) is 3.21. The van der Waals surface area contributed by atoms with Crippen molar-refractivity contribution in [1.29, 1.82) is 0 Å². The highest BCUT2D eigenvalue weighted by Gasteiger charge is 2.48. The second kappa shape index (κ2) is 5.50. The Labute approximate surface area is 130 Å². The molecular weight excluding hydrogens is 313 g/mol. The van der Waals surface area contributed by atoms with Crippen LogP contribution in [-0.2, 0) is 11.0 Å². The van der Waals surface area contributed by atoms with Gasteiger partial charge >= 0.3 is 12.1 Å². The summed E-state index contributed by atoms with van der Waals surface area (Å²) in [4.78, 5) is 28.6. The summed E-state index contributed by atoms with van der Waals surface area (Å²) in [5, 5.41) is 9.28. The number of pyridine rings is 1. The Morgan fingerprint density at radius 2 is 1.96 bits per heavy atom. The van der Waals surface area contributed by atoms with Crippen LogP contribution >= 0.6 is 0 Å². The van der Waals surface area contributed by atoms with Crippen molar-refractivity contribution in [3.8, 4) is 0 Å². The molecule has 2 heterocycles. The van der Waals surface area contributed by atoms with Crippen LogP contribution in [0.3, 0.4) is 0 Å². The van der Waals surface area contributed by atoms with E-state index >= 15 is 0 Å². The third-order valence-electron chi connectivity index (χ3n) is 4.51. The molecule has 1 N–H and O–H groups in total. The Bertz CT molecular complexity index is 643. The topological polar surface area (TPSA) is 70.5 Å². The molecule has 1 aliphatic carbocycles. The number of hydrogen-bond donors (Lipinski definition) is 1. The highest BCUT2D eigenvalue weighted by atomic mass is 19.4. The normalized spacial score (nSPS) is 24.7. The van der Waals surface area contributed by atoms with E-state index in [2.05, 4.69) is 4.98 Å². The van der Waals surface area contributed by atoms with Crippen LogP contribution < -0.4 is 0 Å². The van der Waals surface area contributed by atoms with E-state index in [0.29, 0.717) is 0 Å². The molecule has 8 heteroatoms. The van der Waals surface area contributed by atoms with Crippen molar-refractivity contribution in [3.05, 3.63) is 29.6 Å². The van der Waals surface area contributed by atoms with E-state index in [1.807, 2.05) is 0 Å². The minimum absolute atomic E-state index is 0.0663. The Morgan fingerprint density at radius 1 is 1.26 bits per heavy atom. The zero-order valence-corrected chi connectivity index (χ0v) is 12.1. The van der Waals surface area contributed by atoms with E-state index in [1.54, 1.807) is 0 Å². The van der Waals surface area contributed by atoms with Gasteiger partial charge in [-0.05, 0) is 36.8 Å². The quantitative estimate of drug-likeness (QED) is 0.924. The van der Waals surface area contributed by atoms with Crippen molar-refractivity contribution in [2.24, 2.45) is 17.8 Å². The second-order valence-electron chi connectivity index (χ2n) is 6.05. The van der Waals surface area contributed by atoms with Crippen LogP contribution in [0.25, 0.3) is 0 Å². The Kier molecular flexibility index (Phi) is 3.77. The van der Waals surface area contributed by atoms with Gasteiger partial charge in [-0.1, -0.05) is 0 Å². The molecule has 3 rings (SSSR count). The van der Waals surface area contributed by atoms with Gasteiger partial charge in [0.05, 0.1) is 11.5 Å². The number of carboxylic acids is 1. The molecule has 23 heavy (non-hydrogen) atoms. The number of carboxylic acid groups (broad SMARTS) is 1. The number of nitrogens with zero attached hydrogens (tertiary/aromatic N) is 2. The first-order valence-electron chi connectivity index (χ1n) is 7.33. The molecular formula is C15H15F3N2O3. The van der Waals surface area contributed by atoms with E-state index in [4.69, 9.17) is 0 Å². The highest BCUT2D eigenvalue weighted by molar-refractivity contribution is 5.94. The van der Waals surface area contributed by atoms with Crippen molar-refractivity contribution in [1.82, 2.24) is 9.88 Å². The van der Waals surface area contributed by atoms with E-state index in [1.165, 1.54) is 4.90 Å². The molecule has 2 aliphatic rings. The summed E-state index contributed by atoms with van der Waals surface area (Å²) < 4.78 is 39.0. The molecule has 5 nitrogen and oxygen atoms in total. The Balaban J connectivity index is 1.86. The van der Waals surface area contributed by atoms with Gasteiger partial charge in [0.2, 0.25) is 0 Å². The largest absolute Gasteiger partial charge is 0.481 e. The molecule has 1 saturated carbocycles. The van der Waals surface area contributed by atoms with Crippen LogP contribution in [0.4, 0.5) is 13.2 Å². The smallest absolute Gasteiger partial charge is 0.418 e. The van der Waals surface area contributed by atoms with Gasteiger partial charge in [-0.2, -0.15) is 13.2 Å². The first-order valence-corrected chi connectivity index (χ1v) is 7.33. The van der Waals surface area contributed by atoms with Gasteiger partial charge in [0.1, 0.15) is 5.69 Å². The second-order valence-corrected chi connectivity index (χ2v) is 6.05. The number of likely N-dealkylation sites (tertiary alicyclic amines) is 1. The number of carbonyl (C=O) groups excluding carboxylic acids is 1. The van der Waals surface area contributed by atoms with Crippen molar-refractivity contribution in [3.63, 3.8) is 0 Å². The highest BCUT2D eigenvalue weighted by Crippen LogP contribution is 2.44.